The second kappa shape index (κ2) is 7.22. The molecule has 0 amide bonds. The van der Waals surface area contributed by atoms with Gasteiger partial charge in [-0.3, -0.25) is 0 Å². The Hall–Kier alpha value is -3.08. The number of hydrogen-bond acceptors (Lipinski definition) is 8. The number of piperidine rings is 1. The number of rotatable bonds is 3. The molecule has 2 aromatic carbocycles. The van der Waals surface area contributed by atoms with E-state index >= 15 is 0 Å². The number of fused-ring (bicyclic) bond motifs is 3. The third kappa shape index (κ3) is 2.98. The van der Waals surface area contributed by atoms with Crippen molar-refractivity contribution in [2.45, 2.75) is 28.6 Å². The Kier molecular flexibility index (Phi) is 4.42. The maximum Gasteiger partial charge on any atom is 0.229 e. The summed E-state index contributed by atoms with van der Waals surface area (Å²) in [6.07, 6.45) is 1.45. The molecule has 2 aliphatic heterocycles. The van der Waals surface area contributed by atoms with E-state index < -0.39 is 15.6 Å². The van der Waals surface area contributed by atoms with Crippen molar-refractivity contribution in [2.75, 3.05) is 31.2 Å². The molecular weight excluding hydrogens is 430 g/mol. The standard InChI is InChI=1S/C22H21N5O4S/c28-32(29,16-6-2-1-3-7-16)21-20-23-19(17-8-4-5-9-18(17)27(20)25-24-21)26-12-10-22(11-13-26)30-14-15-31-22/h1-9H,10-15H2. The molecule has 6 rings (SSSR count). The predicted molar refractivity (Wildman–Crippen MR) is 116 cm³/mol. The van der Waals surface area contributed by atoms with E-state index in [9.17, 15) is 8.42 Å². The number of aromatic nitrogens is 4. The largest absolute Gasteiger partial charge is 0.356 e. The molecule has 2 saturated heterocycles. The first kappa shape index (κ1) is 19.6. The summed E-state index contributed by atoms with van der Waals surface area (Å²) < 4.78 is 39.8. The van der Waals surface area contributed by atoms with Crippen LogP contribution in [0.1, 0.15) is 12.8 Å². The Morgan fingerprint density at radius 1 is 0.906 bits per heavy atom. The van der Waals surface area contributed by atoms with E-state index in [4.69, 9.17) is 14.5 Å². The van der Waals surface area contributed by atoms with Gasteiger partial charge in [-0.1, -0.05) is 35.5 Å². The molecule has 4 heterocycles. The van der Waals surface area contributed by atoms with Gasteiger partial charge in [0.05, 0.1) is 23.6 Å². The zero-order valence-corrected chi connectivity index (χ0v) is 18.0. The third-order valence-electron chi connectivity index (χ3n) is 6.15. The molecule has 9 nitrogen and oxygen atoms in total. The van der Waals surface area contributed by atoms with Gasteiger partial charge in [-0.15, -0.1) is 5.10 Å². The van der Waals surface area contributed by atoms with Gasteiger partial charge in [0.25, 0.3) is 0 Å². The summed E-state index contributed by atoms with van der Waals surface area (Å²) >= 11 is 0. The van der Waals surface area contributed by atoms with Gasteiger partial charge in [0.1, 0.15) is 5.82 Å². The predicted octanol–water partition coefficient (Wildman–Crippen LogP) is 2.45. The van der Waals surface area contributed by atoms with E-state index in [-0.39, 0.29) is 15.6 Å². The monoisotopic (exact) mass is 451 g/mol. The van der Waals surface area contributed by atoms with Crippen molar-refractivity contribution < 1.29 is 17.9 Å². The quantitative estimate of drug-likeness (QED) is 0.468. The van der Waals surface area contributed by atoms with Gasteiger partial charge in [0.2, 0.25) is 14.9 Å². The van der Waals surface area contributed by atoms with Crippen LogP contribution in [0.2, 0.25) is 0 Å². The smallest absolute Gasteiger partial charge is 0.229 e. The fourth-order valence-corrected chi connectivity index (χ4v) is 5.75. The van der Waals surface area contributed by atoms with Crippen molar-refractivity contribution in [1.82, 2.24) is 19.8 Å². The summed E-state index contributed by atoms with van der Waals surface area (Å²) in [6.45, 7) is 2.62. The molecule has 1 spiro atoms. The zero-order valence-electron chi connectivity index (χ0n) is 17.2. The van der Waals surface area contributed by atoms with Gasteiger partial charge < -0.3 is 14.4 Å². The lowest BCUT2D eigenvalue weighted by Gasteiger charge is -2.38. The highest BCUT2D eigenvalue weighted by Gasteiger charge is 2.40. The lowest BCUT2D eigenvalue weighted by atomic mass is 10.0. The molecule has 4 aromatic rings. The maximum absolute atomic E-state index is 13.3. The average molecular weight is 452 g/mol. The number of ether oxygens (including phenoxy) is 2. The molecule has 0 aliphatic carbocycles. The average Bonchev–Trinajstić information content (AvgIpc) is 3.47. The van der Waals surface area contributed by atoms with Crippen molar-refractivity contribution in [3.63, 3.8) is 0 Å². The van der Waals surface area contributed by atoms with E-state index in [1.807, 2.05) is 24.3 Å². The van der Waals surface area contributed by atoms with Crippen LogP contribution in [0.3, 0.4) is 0 Å². The first-order valence-corrected chi connectivity index (χ1v) is 12.0. The van der Waals surface area contributed by atoms with Gasteiger partial charge in [-0.25, -0.2) is 13.4 Å². The van der Waals surface area contributed by atoms with E-state index in [0.29, 0.717) is 32.1 Å². The van der Waals surface area contributed by atoms with Crippen LogP contribution in [-0.2, 0) is 19.3 Å². The summed E-state index contributed by atoms with van der Waals surface area (Å²) in [5.74, 6) is 0.212. The van der Waals surface area contributed by atoms with Crippen LogP contribution in [-0.4, -0.2) is 60.3 Å². The highest BCUT2D eigenvalue weighted by molar-refractivity contribution is 7.91. The van der Waals surface area contributed by atoms with Crippen LogP contribution in [0, 0.1) is 0 Å². The fraction of sp³-hybridized carbons (Fsp3) is 0.318. The second-order valence-electron chi connectivity index (χ2n) is 7.99. The van der Waals surface area contributed by atoms with Crippen molar-refractivity contribution in [3.05, 3.63) is 54.6 Å². The summed E-state index contributed by atoms with van der Waals surface area (Å²) in [5.41, 5.74) is 0.972. The van der Waals surface area contributed by atoms with Gasteiger partial charge in [0.15, 0.2) is 11.4 Å². The number of benzene rings is 2. The molecule has 164 valence electrons. The third-order valence-corrected chi connectivity index (χ3v) is 7.81. The van der Waals surface area contributed by atoms with Crippen LogP contribution in [0.25, 0.3) is 16.6 Å². The molecule has 32 heavy (non-hydrogen) atoms. The Morgan fingerprint density at radius 3 is 2.34 bits per heavy atom. The van der Waals surface area contributed by atoms with Crippen LogP contribution in [0.4, 0.5) is 5.82 Å². The van der Waals surface area contributed by atoms with Gasteiger partial charge in [-0.05, 0) is 24.3 Å². The van der Waals surface area contributed by atoms with Gasteiger partial charge >= 0.3 is 0 Å². The molecule has 0 radical (unpaired) electrons. The molecule has 10 heteroatoms. The molecule has 0 saturated carbocycles. The number of nitrogens with zero attached hydrogens (tertiary/aromatic N) is 5. The number of hydrogen-bond donors (Lipinski definition) is 0. The van der Waals surface area contributed by atoms with Gasteiger partial charge in [0, 0.05) is 31.3 Å². The van der Waals surface area contributed by atoms with Crippen LogP contribution >= 0.6 is 0 Å². The van der Waals surface area contributed by atoms with Crippen molar-refractivity contribution >= 4 is 32.2 Å². The van der Waals surface area contributed by atoms with E-state index in [1.165, 1.54) is 4.52 Å². The number of anilines is 1. The minimum Gasteiger partial charge on any atom is -0.356 e. The molecule has 0 bridgehead atoms. The first-order chi connectivity index (χ1) is 15.6. The number of para-hydroxylation sites is 1. The van der Waals surface area contributed by atoms with E-state index in [2.05, 4.69) is 15.2 Å². The Balaban J connectivity index is 1.49. The van der Waals surface area contributed by atoms with E-state index in [1.54, 1.807) is 30.3 Å². The zero-order chi connectivity index (χ0) is 21.8. The molecule has 2 aromatic heterocycles. The highest BCUT2D eigenvalue weighted by atomic mass is 32.2. The van der Waals surface area contributed by atoms with Crippen molar-refractivity contribution in [1.29, 1.82) is 0 Å². The van der Waals surface area contributed by atoms with Crippen LogP contribution in [0.5, 0.6) is 0 Å². The molecule has 0 unspecified atom stereocenters. The SMILES string of the molecule is O=S(=O)(c1ccccc1)c1nnn2c1nc(N1CCC3(CC1)OCCO3)c1ccccc12. The maximum atomic E-state index is 13.3. The van der Waals surface area contributed by atoms with Crippen molar-refractivity contribution in [3.8, 4) is 0 Å². The summed E-state index contributed by atoms with van der Waals surface area (Å²) in [4.78, 5) is 7.12. The Bertz CT molecular complexity index is 1400. The number of sulfone groups is 1. The molecule has 0 N–H and O–H groups in total. The highest BCUT2D eigenvalue weighted by Crippen LogP contribution is 2.36. The summed E-state index contributed by atoms with van der Waals surface area (Å²) in [6, 6.07) is 15.9. The van der Waals surface area contributed by atoms with Crippen molar-refractivity contribution in [2.24, 2.45) is 0 Å². The second-order valence-corrected chi connectivity index (χ2v) is 9.86. The summed E-state index contributed by atoms with van der Waals surface area (Å²) in [7, 11) is -3.87. The summed E-state index contributed by atoms with van der Waals surface area (Å²) in [5, 5.41) is 8.93. The Morgan fingerprint density at radius 2 is 1.59 bits per heavy atom. The van der Waals surface area contributed by atoms with Crippen LogP contribution < -0.4 is 4.90 Å². The Labute approximate surface area is 184 Å². The minimum atomic E-state index is -3.87. The molecule has 2 aliphatic rings. The molecule has 2 fully saturated rings. The lowest BCUT2D eigenvalue weighted by Crippen LogP contribution is -2.45. The van der Waals surface area contributed by atoms with E-state index in [0.717, 1.165) is 23.7 Å². The van der Waals surface area contributed by atoms with Gasteiger partial charge in [-0.2, -0.15) is 4.52 Å². The molecule has 0 atom stereocenters. The minimum absolute atomic E-state index is 0.147. The normalized spacial score (nSPS) is 18.7. The lowest BCUT2D eigenvalue weighted by molar-refractivity contribution is -0.169. The first-order valence-electron chi connectivity index (χ1n) is 10.5. The molecular formula is C22H21N5O4S. The topological polar surface area (TPSA) is 98.9 Å². The fourth-order valence-electron chi connectivity index (χ4n) is 4.50. The van der Waals surface area contributed by atoms with Crippen LogP contribution in [0.15, 0.2) is 64.5 Å².